The fourth-order valence-electron chi connectivity index (χ4n) is 2.25. The van der Waals surface area contributed by atoms with Crippen molar-refractivity contribution in [3.05, 3.63) is 28.8 Å². The van der Waals surface area contributed by atoms with Gasteiger partial charge in [0.05, 0.1) is 16.8 Å². The predicted molar refractivity (Wildman–Crippen MR) is 76.0 cm³/mol. The standard InChI is InChI=1S/C13H18ClN3O2/c1-8-4-5-17(7-12(8)18)11-3-2-9(6-10(11)14)13(15)16-19/h2-3,6,8,12,18-19H,4-5,7H2,1H3,(H2,15,16). The lowest BCUT2D eigenvalue weighted by Crippen LogP contribution is -2.43. The third-order valence-electron chi connectivity index (χ3n) is 3.61. The van der Waals surface area contributed by atoms with Crippen LogP contribution in [0.5, 0.6) is 0 Å². The molecular formula is C13H18ClN3O2. The molecule has 0 amide bonds. The summed E-state index contributed by atoms with van der Waals surface area (Å²) < 4.78 is 0. The van der Waals surface area contributed by atoms with E-state index in [1.807, 2.05) is 13.0 Å². The van der Waals surface area contributed by atoms with E-state index in [-0.39, 0.29) is 11.9 Å². The van der Waals surface area contributed by atoms with E-state index in [0.717, 1.165) is 18.7 Å². The van der Waals surface area contributed by atoms with Crippen LogP contribution in [-0.2, 0) is 0 Å². The Hall–Kier alpha value is -1.46. The van der Waals surface area contributed by atoms with Gasteiger partial charge in [-0.2, -0.15) is 0 Å². The van der Waals surface area contributed by atoms with Crippen LogP contribution >= 0.6 is 11.6 Å². The van der Waals surface area contributed by atoms with Crippen molar-refractivity contribution in [1.29, 1.82) is 0 Å². The van der Waals surface area contributed by atoms with Gasteiger partial charge in [0.15, 0.2) is 5.84 Å². The van der Waals surface area contributed by atoms with Gasteiger partial charge < -0.3 is 20.9 Å². The Morgan fingerprint density at radius 3 is 2.84 bits per heavy atom. The molecule has 1 aliphatic rings. The number of hydrogen-bond acceptors (Lipinski definition) is 4. The largest absolute Gasteiger partial charge is 0.409 e. The van der Waals surface area contributed by atoms with Gasteiger partial charge in [-0.3, -0.25) is 0 Å². The number of anilines is 1. The summed E-state index contributed by atoms with van der Waals surface area (Å²) in [4.78, 5) is 2.06. The quantitative estimate of drug-likeness (QED) is 0.333. The molecule has 2 rings (SSSR count). The topological polar surface area (TPSA) is 82.1 Å². The summed E-state index contributed by atoms with van der Waals surface area (Å²) in [5.41, 5.74) is 6.95. The van der Waals surface area contributed by atoms with E-state index in [1.165, 1.54) is 0 Å². The van der Waals surface area contributed by atoms with Crippen LogP contribution in [0, 0.1) is 5.92 Å². The van der Waals surface area contributed by atoms with Crippen LogP contribution < -0.4 is 10.6 Å². The maximum atomic E-state index is 9.92. The summed E-state index contributed by atoms with van der Waals surface area (Å²) in [5, 5.41) is 22.0. The highest BCUT2D eigenvalue weighted by Crippen LogP contribution is 2.30. The first-order chi connectivity index (χ1) is 9.02. The Bertz CT molecular complexity index is 493. The lowest BCUT2D eigenvalue weighted by molar-refractivity contribution is 0.103. The number of amidine groups is 1. The highest BCUT2D eigenvalue weighted by Gasteiger charge is 2.25. The first-order valence-electron chi connectivity index (χ1n) is 6.23. The third kappa shape index (κ3) is 2.93. The number of rotatable bonds is 2. The molecule has 1 saturated heterocycles. The molecule has 0 aliphatic carbocycles. The molecule has 2 atom stereocenters. The Kier molecular flexibility index (Phi) is 4.17. The summed E-state index contributed by atoms with van der Waals surface area (Å²) in [7, 11) is 0. The van der Waals surface area contributed by atoms with Crippen LogP contribution in [0.1, 0.15) is 18.9 Å². The second kappa shape index (κ2) is 5.67. The molecule has 1 aromatic carbocycles. The number of piperidine rings is 1. The molecule has 0 radical (unpaired) electrons. The summed E-state index contributed by atoms with van der Waals surface area (Å²) in [6, 6.07) is 5.25. The van der Waals surface area contributed by atoms with Crippen LogP contribution in [0.25, 0.3) is 0 Å². The van der Waals surface area contributed by atoms with Gasteiger partial charge in [-0.25, -0.2) is 0 Å². The molecule has 4 N–H and O–H groups in total. The zero-order chi connectivity index (χ0) is 14.0. The fraction of sp³-hybridized carbons (Fsp3) is 0.462. The Morgan fingerprint density at radius 1 is 1.53 bits per heavy atom. The molecular weight excluding hydrogens is 266 g/mol. The van der Waals surface area contributed by atoms with Crippen molar-refractivity contribution < 1.29 is 10.3 Å². The van der Waals surface area contributed by atoms with Gasteiger partial charge in [-0.05, 0) is 30.5 Å². The molecule has 104 valence electrons. The van der Waals surface area contributed by atoms with Gasteiger partial charge in [0, 0.05) is 18.7 Å². The van der Waals surface area contributed by atoms with Gasteiger partial charge in [0.1, 0.15) is 0 Å². The zero-order valence-corrected chi connectivity index (χ0v) is 11.5. The molecule has 0 aromatic heterocycles. The molecule has 0 bridgehead atoms. The van der Waals surface area contributed by atoms with E-state index in [9.17, 15) is 5.11 Å². The fourth-order valence-corrected chi connectivity index (χ4v) is 2.55. The average Bonchev–Trinajstić information content (AvgIpc) is 2.41. The van der Waals surface area contributed by atoms with Crippen molar-refractivity contribution in [1.82, 2.24) is 0 Å². The van der Waals surface area contributed by atoms with Gasteiger partial charge >= 0.3 is 0 Å². The maximum Gasteiger partial charge on any atom is 0.170 e. The van der Waals surface area contributed by atoms with Gasteiger partial charge in [-0.1, -0.05) is 23.7 Å². The van der Waals surface area contributed by atoms with E-state index in [2.05, 4.69) is 10.1 Å². The molecule has 19 heavy (non-hydrogen) atoms. The predicted octanol–water partition coefficient (Wildman–Crippen LogP) is 1.64. The molecule has 1 aromatic rings. The first kappa shape index (κ1) is 14.0. The second-order valence-corrected chi connectivity index (χ2v) is 5.34. The molecule has 1 heterocycles. The normalized spacial score (nSPS) is 24.6. The monoisotopic (exact) mass is 283 g/mol. The van der Waals surface area contributed by atoms with Crippen molar-refractivity contribution in [2.75, 3.05) is 18.0 Å². The number of oxime groups is 1. The third-order valence-corrected chi connectivity index (χ3v) is 3.91. The lowest BCUT2D eigenvalue weighted by atomic mass is 9.95. The van der Waals surface area contributed by atoms with Crippen molar-refractivity contribution in [3.63, 3.8) is 0 Å². The van der Waals surface area contributed by atoms with E-state index >= 15 is 0 Å². The van der Waals surface area contributed by atoms with Gasteiger partial charge in [0.2, 0.25) is 0 Å². The second-order valence-electron chi connectivity index (χ2n) is 4.93. The van der Waals surface area contributed by atoms with E-state index in [4.69, 9.17) is 22.5 Å². The molecule has 2 unspecified atom stereocenters. The molecule has 0 spiro atoms. The van der Waals surface area contributed by atoms with Gasteiger partial charge in [0.25, 0.3) is 0 Å². The van der Waals surface area contributed by atoms with Crippen molar-refractivity contribution >= 4 is 23.1 Å². The SMILES string of the molecule is CC1CCN(c2ccc(/C(N)=N/O)cc2Cl)CC1O. The summed E-state index contributed by atoms with van der Waals surface area (Å²) >= 11 is 6.23. The van der Waals surface area contributed by atoms with E-state index in [0.29, 0.717) is 23.0 Å². The Morgan fingerprint density at radius 2 is 2.26 bits per heavy atom. The zero-order valence-electron chi connectivity index (χ0n) is 10.8. The lowest BCUT2D eigenvalue weighted by Gasteiger charge is -2.36. The highest BCUT2D eigenvalue weighted by atomic mass is 35.5. The molecule has 1 aliphatic heterocycles. The molecule has 6 heteroatoms. The number of halogens is 1. The first-order valence-corrected chi connectivity index (χ1v) is 6.61. The van der Waals surface area contributed by atoms with Gasteiger partial charge in [-0.15, -0.1) is 0 Å². The minimum atomic E-state index is -0.339. The molecule has 0 saturated carbocycles. The van der Waals surface area contributed by atoms with Crippen molar-refractivity contribution in [2.45, 2.75) is 19.4 Å². The number of nitrogens with zero attached hydrogens (tertiary/aromatic N) is 2. The van der Waals surface area contributed by atoms with Crippen LogP contribution in [0.3, 0.4) is 0 Å². The Balaban J connectivity index is 2.22. The summed E-state index contributed by atoms with van der Waals surface area (Å²) in [6.45, 7) is 3.48. The highest BCUT2D eigenvalue weighted by molar-refractivity contribution is 6.33. The van der Waals surface area contributed by atoms with E-state index < -0.39 is 0 Å². The van der Waals surface area contributed by atoms with Crippen LogP contribution in [0.4, 0.5) is 5.69 Å². The number of aliphatic hydroxyl groups excluding tert-OH is 1. The van der Waals surface area contributed by atoms with Crippen LogP contribution in [-0.4, -0.2) is 35.3 Å². The maximum absolute atomic E-state index is 9.92. The number of benzene rings is 1. The van der Waals surface area contributed by atoms with E-state index in [1.54, 1.807) is 12.1 Å². The molecule has 5 nitrogen and oxygen atoms in total. The van der Waals surface area contributed by atoms with Crippen molar-refractivity contribution in [3.8, 4) is 0 Å². The summed E-state index contributed by atoms with van der Waals surface area (Å²) in [6.07, 6.45) is 0.591. The number of aliphatic hydroxyl groups is 1. The van der Waals surface area contributed by atoms with Crippen LogP contribution in [0.15, 0.2) is 23.4 Å². The number of β-amino-alcohol motifs (C(OH)–C–C–N with tert-alkyl or cyclic N) is 1. The number of nitrogens with two attached hydrogens (primary N) is 1. The minimum absolute atomic E-state index is 0.0285. The number of hydrogen-bond donors (Lipinski definition) is 3. The van der Waals surface area contributed by atoms with Crippen LogP contribution in [0.2, 0.25) is 5.02 Å². The molecule has 1 fully saturated rings. The smallest absolute Gasteiger partial charge is 0.170 e. The minimum Gasteiger partial charge on any atom is -0.409 e. The summed E-state index contributed by atoms with van der Waals surface area (Å²) in [5.74, 6) is 0.340. The average molecular weight is 284 g/mol. The Labute approximate surface area is 117 Å². The van der Waals surface area contributed by atoms with Crippen molar-refractivity contribution in [2.24, 2.45) is 16.8 Å².